The van der Waals surface area contributed by atoms with Crippen molar-refractivity contribution in [2.75, 3.05) is 18.8 Å². The molecule has 1 heterocycles. The molecule has 0 radical (unpaired) electrons. The molecular formula is C8H19NS. The summed E-state index contributed by atoms with van der Waals surface area (Å²) >= 11 is 2.08. The first-order valence-electron chi connectivity index (χ1n) is 4.26. The molecule has 1 unspecified atom stereocenters. The second-order valence-corrected chi connectivity index (χ2v) is 3.65. The van der Waals surface area contributed by atoms with Gasteiger partial charge in [0, 0.05) is 11.8 Å². The quantitative estimate of drug-likeness (QED) is 0.666. The van der Waals surface area contributed by atoms with Gasteiger partial charge >= 0.3 is 0 Å². The number of rotatable bonds is 2. The molecule has 2 heteroatoms. The molecular weight excluding hydrogens is 142 g/mol. The maximum atomic E-state index is 3.34. The highest BCUT2D eigenvalue weighted by Crippen LogP contribution is 2.15. The minimum atomic E-state index is 0.917. The Hall–Kier alpha value is 0.310. The Bertz CT molecular complexity index is 60.3. The van der Waals surface area contributed by atoms with Crippen LogP contribution in [0.25, 0.3) is 0 Å². The maximum Gasteiger partial charge on any atom is 0.0184 e. The van der Waals surface area contributed by atoms with Crippen LogP contribution < -0.4 is 5.32 Å². The summed E-state index contributed by atoms with van der Waals surface area (Å²) in [7, 11) is 0. The molecule has 0 amide bonds. The minimum absolute atomic E-state index is 0.917. The predicted molar refractivity (Wildman–Crippen MR) is 50.8 cm³/mol. The van der Waals surface area contributed by atoms with Gasteiger partial charge in [-0.05, 0) is 18.7 Å². The van der Waals surface area contributed by atoms with Crippen molar-refractivity contribution in [1.82, 2.24) is 5.32 Å². The molecule has 1 rings (SSSR count). The van der Waals surface area contributed by atoms with Crippen molar-refractivity contribution in [2.45, 2.75) is 32.4 Å². The molecule has 1 saturated heterocycles. The number of hydrogen-bond acceptors (Lipinski definition) is 2. The van der Waals surface area contributed by atoms with E-state index in [4.69, 9.17) is 0 Å². The Balaban J connectivity index is 0.000000371. The number of hydrogen-bond donors (Lipinski definition) is 1. The fourth-order valence-corrected chi connectivity index (χ4v) is 2.00. The van der Waals surface area contributed by atoms with E-state index >= 15 is 0 Å². The lowest BCUT2D eigenvalue weighted by atomic mass is 10.4. The molecule has 10 heavy (non-hydrogen) atoms. The van der Waals surface area contributed by atoms with Gasteiger partial charge < -0.3 is 5.32 Å². The average Bonchev–Trinajstić information content (AvgIpc) is 2.46. The maximum absolute atomic E-state index is 3.34. The van der Waals surface area contributed by atoms with E-state index in [9.17, 15) is 0 Å². The van der Waals surface area contributed by atoms with E-state index in [0.29, 0.717) is 0 Å². The summed E-state index contributed by atoms with van der Waals surface area (Å²) in [6, 6.07) is 0. The van der Waals surface area contributed by atoms with Crippen molar-refractivity contribution in [3.05, 3.63) is 0 Å². The molecule has 0 aromatic heterocycles. The van der Waals surface area contributed by atoms with Gasteiger partial charge in [0.1, 0.15) is 0 Å². The summed E-state index contributed by atoms with van der Waals surface area (Å²) in [6.45, 7) is 8.69. The second-order valence-electron chi connectivity index (χ2n) is 2.07. The zero-order valence-corrected chi connectivity index (χ0v) is 8.13. The monoisotopic (exact) mass is 161 g/mol. The SMILES string of the molecule is CC.CCSC1CCNC1. The van der Waals surface area contributed by atoms with Crippen molar-refractivity contribution in [3.63, 3.8) is 0 Å². The van der Waals surface area contributed by atoms with E-state index in [0.717, 1.165) is 5.25 Å². The van der Waals surface area contributed by atoms with Crippen LogP contribution in [0.4, 0.5) is 0 Å². The van der Waals surface area contributed by atoms with Crippen LogP contribution in [0.3, 0.4) is 0 Å². The zero-order chi connectivity index (χ0) is 7.82. The Morgan fingerprint density at radius 2 is 2.20 bits per heavy atom. The summed E-state index contributed by atoms with van der Waals surface area (Å²) in [5.74, 6) is 1.27. The van der Waals surface area contributed by atoms with Crippen molar-refractivity contribution in [2.24, 2.45) is 0 Å². The second kappa shape index (κ2) is 7.42. The van der Waals surface area contributed by atoms with E-state index in [1.54, 1.807) is 0 Å². The fourth-order valence-electron chi connectivity index (χ4n) is 1.01. The van der Waals surface area contributed by atoms with Crippen LogP contribution in [0.5, 0.6) is 0 Å². The van der Waals surface area contributed by atoms with Crippen LogP contribution >= 0.6 is 11.8 Å². The Kier molecular flexibility index (Phi) is 7.65. The summed E-state index contributed by atoms with van der Waals surface area (Å²) in [5.41, 5.74) is 0. The van der Waals surface area contributed by atoms with E-state index in [1.165, 1.54) is 25.3 Å². The van der Waals surface area contributed by atoms with Crippen LogP contribution in [0.2, 0.25) is 0 Å². The fraction of sp³-hybridized carbons (Fsp3) is 1.00. The predicted octanol–water partition coefficient (Wildman–Crippen LogP) is 2.13. The lowest BCUT2D eigenvalue weighted by Crippen LogP contribution is -2.10. The molecule has 0 aromatic carbocycles. The van der Waals surface area contributed by atoms with E-state index < -0.39 is 0 Å². The third kappa shape index (κ3) is 4.18. The summed E-state index contributed by atoms with van der Waals surface area (Å²) < 4.78 is 0. The van der Waals surface area contributed by atoms with Crippen LogP contribution in [0, 0.1) is 0 Å². The minimum Gasteiger partial charge on any atom is -0.316 e. The molecule has 1 N–H and O–H groups in total. The van der Waals surface area contributed by atoms with Gasteiger partial charge in [0.15, 0.2) is 0 Å². The van der Waals surface area contributed by atoms with Crippen molar-refractivity contribution < 1.29 is 0 Å². The van der Waals surface area contributed by atoms with Gasteiger partial charge in [0.25, 0.3) is 0 Å². The van der Waals surface area contributed by atoms with Crippen molar-refractivity contribution >= 4 is 11.8 Å². The van der Waals surface area contributed by atoms with Crippen LogP contribution in [0.1, 0.15) is 27.2 Å². The third-order valence-electron chi connectivity index (χ3n) is 1.42. The highest BCUT2D eigenvalue weighted by Gasteiger charge is 2.12. The van der Waals surface area contributed by atoms with Crippen LogP contribution in [-0.4, -0.2) is 24.1 Å². The summed E-state index contributed by atoms with van der Waals surface area (Å²) in [6.07, 6.45) is 1.37. The number of nitrogens with one attached hydrogen (secondary N) is 1. The first-order chi connectivity index (χ1) is 4.93. The summed E-state index contributed by atoms with van der Waals surface area (Å²) in [4.78, 5) is 0. The van der Waals surface area contributed by atoms with Gasteiger partial charge in [0.05, 0.1) is 0 Å². The topological polar surface area (TPSA) is 12.0 Å². The van der Waals surface area contributed by atoms with Gasteiger partial charge in [-0.25, -0.2) is 0 Å². The van der Waals surface area contributed by atoms with Gasteiger partial charge in [0.2, 0.25) is 0 Å². The normalized spacial score (nSPS) is 23.7. The zero-order valence-electron chi connectivity index (χ0n) is 7.31. The molecule has 0 saturated carbocycles. The first-order valence-corrected chi connectivity index (χ1v) is 5.30. The van der Waals surface area contributed by atoms with E-state index in [1.807, 2.05) is 13.8 Å². The van der Waals surface area contributed by atoms with Crippen LogP contribution in [-0.2, 0) is 0 Å². The largest absolute Gasteiger partial charge is 0.316 e. The smallest absolute Gasteiger partial charge is 0.0184 e. The molecule has 1 aliphatic heterocycles. The van der Waals surface area contributed by atoms with Gasteiger partial charge in [-0.1, -0.05) is 20.8 Å². The summed E-state index contributed by atoms with van der Waals surface area (Å²) in [5, 5.41) is 4.25. The average molecular weight is 161 g/mol. The van der Waals surface area contributed by atoms with Gasteiger partial charge in [-0.3, -0.25) is 0 Å². The van der Waals surface area contributed by atoms with Crippen molar-refractivity contribution in [1.29, 1.82) is 0 Å². The van der Waals surface area contributed by atoms with Gasteiger partial charge in [-0.15, -0.1) is 0 Å². The molecule has 1 aliphatic rings. The van der Waals surface area contributed by atoms with Crippen LogP contribution in [0.15, 0.2) is 0 Å². The molecule has 1 atom stereocenters. The molecule has 0 spiro atoms. The molecule has 0 aromatic rings. The molecule has 0 bridgehead atoms. The lowest BCUT2D eigenvalue weighted by molar-refractivity contribution is 0.858. The van der Waals surface area contributed by atoms with E-state index in [2.05, 4.69) is 24.0 Å². The Labute approximate surface area is 69.0 Å². The molecule has 1 nitrogen and oxygen atoms in total. The highest BCUT2D eigenvalue weighted by atomic mass is 32.2. The molecule has 62 valence electrons. The van der Waals surface area contributed by atoms with Gasteiger partial charge in [-0.2, -0.15) is 11.8 Å². The third-order valence-corrected chi connectivity index (χ3v) is 2.62. The number of thioether (sulfide) groups is 1. The van der Waals surface area contributed by atoms with E-state index in [-0.39, 0.29) is 0 Å². The van der Waals surface area contributed by atoms with Crippen molar-refractivity contribution in [3.8, 4) is 0 Å². The molecule has 0 aliphatic carbocycles. The standard InChI is InChI=1S/C6H13NS.C2H6/c1-2-8-6-3-4-7-5-6;1-2/h6-7H,2-5H2,1H3;1-2H3. The molecule has 1 fully saturated rings. The first kappa shape index (κ1) is 10.3. The Morgan fingerprint density at radius 3 is 2.60 bits per heavy atom. The Morgan fingerprint density at radius 1 is 1.50 bits per heavy atom. The lowest BCUT2D eigenvalue weighted by Gasteiger charge is -2.02. The highest BCUT2D eigenvalue weighted by molar-refractivity contribution is 7.99.